The van der Waals surface area contributed by atoms with E-state index in [0.717, 1.165) is 5.56 Å². The molecular weight excluding hydrogens is 306 g/mol. The smallest absolute Gasteiger partial charge is 0.228 e. The topological polar surface area (TPSA) is 83.7 Å². The molecule has 0 aliphatic carbocycles. The van der Waals surface area contributed by atoms with Gasteiger partial charge in [0.1, 0.15) is 0 Å². The molecule has 6 heteroatoms. The van der Waals surface area contributed by atoms with Crippen LogP contribution < -0.4 is 5.73 Å². The lowest BCUT2D eigenvalue weighted by Gasteiger charge is -2.40. The third kappa shape index (κ3) is 3.58. The minimum absolute atomic E-state index is 0.0236. The molecule has 0 aromatic heterocycles. The van der Waals surface area contributed by atoms with Crippen LogP contribution in [0, 0.1) is 18.8 Å². The minimum atomic E-state index is -0.326. The molecule has 3 amide bonds. The summed E-state index contributed by atoms with van der Waals surface area (Å²) in [5.74, 6) is -0.365. The molecule has 128 valence electrons. The molecule has 24 heavy (non-hydrogen) atoms. The van der Waals surface area contributed by atoms with Crippen LogP contribution >= 0.6 is 0 Å². The number of primary amides is 1. The van der Waals surface area contributed by atoms with Crippen LogP contribution in [0.4, 0.5) is 0 Å². The number of nitrogens with two attached hydrogens (primary N) is 1. The van der Waals surface area contributed by atoms with E-state index >= 15 is 0 Å². The van der Waals surface area contributed by atoms with Gasteiger partial charge in [-0.25, -0.2) is 0 Å². The fourth-order valence-corrected chi connectivity index (χ4v) is 3.43. The van der Waals surface area contributed by atoms with Crippen LogP contribution in [-0.2, 0) is 20.9 Å². The molecule has 6 nitrogen and oxygen atoms in total. The predicted molar refractivity (Wildman–Crippen MR) is 88.6 cm³/mol. The number of amides is 3. The second kappa shape index (κ2) is 6.63. The Bertz CT molecular complexity index is 650. The number of rotatable bonds is 5. The van der Waals surface area contributed by atoms with Crippen molar-refractivity contribution in [1.29, 1.82) is 0 Å². The first-order valence-corrected chi connectivity index (χ1v) is 8.33. The van der Waals surface area contributed by atoms with Gasteiger partial charge < -0.3 is 15.5 Å². The molecule has 2 heterocycles. The van der Waals surface area contributed by atoms with Crippen LogP contribution in [0.3, 0.4) is 0 Å². The van der Waals surface area contributed by atoms with Crippen molar-refractivity contribution >= 4 is 17.7 Å². The minimum Gasteiger partial charge on any atom is -0.370 e. The summed E-state index contributed by atoms with van der Waals surface area (Å²) in [4.78, 5) is 39.0. The zero-order valence-electron chi connectivity index (χ0n) is 13.9. The van der Waals surface area contributed by atoms with E-state index < -0.39 is 0 Å². The van der Waals surface area contributed by atoms with E-state index in [1.54, 1.807) is 9.80 Å². The fraction of sp³-hybridized carbons (Fsp3) is 0.500. The Labute approximate surface area is 141 Å². The van der Waals surface area contributed by atoms with Crippen LogP contribution in [-0.4, -0.2) is 47.2 Å². The Balaban J connectivity index is 1.52. The first-order valence-electron chi connectivity index (χ1n) is 8.33. The van der Waals surface area contributed by atoms with Crippen LogP contribution in [0.1, 0.15) is 24.0 Å². The molecule has 3 rings (SSSR count). The number of hydrogen-bond acceptors (Lipinski definition) is 3. The molecule has 2 N–H and O–H groups in total. The Morgan fingerprint density at radius 1 is 1.17 bits per heavy atom. The number of hydrogen-bond donors (Lipinski definition) is 1. The van der Waals surface area contributed by atoms with Crippen molar-refractivity contribution in [3.05, 3.63) is 35.4 Å². The van der Waals surface area contributed by atoms with Crippen molar-refractivity contribution in [1.82, 2.24) is 9.80 Å². The molecule has 1 aromatic rings. The number of carbonyl (C=O) groups is 3. The number of nitrogens with zero attached hydrogens (tertiary/aromatic N) is 2. The largest absolute Gasteiger partial charge is 0.370 e. The van der Waals surface area contributed by atoms with Gasteiger partial charge in [-0.1, -0.05) is 29.8 Å². The summed E-state index contributed by atoms with van der Waals surface area (Å²) in [5.41, 5.74) is 7.43. The molecule has 1 aromatic carbocycles. The molecule has 0 saturated carbocycles. The Kier molecular flexibility index (Phi) is 4.55. The molecule has 2 fully saturated rings. The summed E-state index contributed by atoms with van der Waals surface area (Å²) in [5, 5.41) is 0. The summed E-state index contributed by atoms with van der Waals surface area (Å²) in [6, 6.07) is 8.08. The summed E-state index contributed by atoms with van der Waals surface area (Å²) < 4.78 is 0. The van der Waals surface area contributed by atoms with E-state index in [1.807, 2.05) is 31.2 Å². The molecule has 1 unspecified atom stereocenters. The highest BCUT2D eigenvalue weighted by molar-refractivity contribution is 5.89. The van der Waals surface area contributed by atoms with Gasteiger partial charge in [0.25, 0.3) is 0 Å². The number of likely N-dealkylation sites (tertiary alicyclic amines) is 2. The zero-order valence-corrected chi connectivity index (χ0v) is 13.9. The lowest BCUT2D eigenvalue weighted by Crippen LogP contribution is -2.53. The molecule has 2 aliphatic rings. The van der Waals surface area contributed by atoms with Crippen LogP contribution in [0.5, 0.6) is 0 Å². The first-order chi connectivity index (χ1) is 11.4. The number of carbonyl (C=O) groups excluding carboxylic acids is 3. The van der Waals surface area contributed by atoms with E-state index in [2.05, 4.69) is 0 Å². The molecule has 2 saturated heterocycles. The van der Waals surface area contributed by atoms with Crippen LogP contribution in [0.15, 0.2) is 24.3 Å². The van der Waals surface area contributed by atoms with Gasteiger partial charge in [0.2, 0.25) is 17.7 Å². The SMILES string of the molecule is Cc1ccc(CN2CC(C(=O)N3CC(CC(N)=O)C3)CC2=O)cc1. The van der Waals surface area contributed by atoms with E-state index in [-0.39, 0.29) is 36.0 Å². The quantitative estimate of drug-likeness (QED) is 0.862. The first kappa shape index (κ1) is 16.5. The summed E-state index contributed by atoms with van der Waals surface area (Å²) >= 11 is 0. The number of benzene rings is 1. The summed E-state index contributed by atoms with van der Waals surface area (Å²) in [6.07, 6.45) is 0.606. The Morgan fingerprint density at radius 2 is 1.83 bits per heavy atom. The van der Waals surface area contributed by atoms with Crippen molar-refractivity contribution < 1.29 is 14.4 Å². The third-order valence-electron chi connectivity index (χ3n) is 4.82. The highest BCUT2D eigenvalue weighted by Crippen LogP contribution is 2.27. The van der Waals surface area contributed by atoms with Crippen molar-refractivity contribution in [3.8, 4) is 0 Å². The molecule has 1 atom stereocenters. The van der Waals surface area contributed by atoms with Gasteiger partial charge in [-0.05, 0) is 12.5 Å². The van der Waals surface area contributed by atoms with Gasteiger partial charge in [-0.3, -0.25) is 14.4 Å². The van der Waals surface area contributed by atoms with E-state index in [9.17, 15) is 14.4 Å². The van der Waals surface area contributed by atoms with Gasteiger partial charge in [0.15, 0.2) is 0 Å². The van der Waals surface area contributed by atoms with Crippen molar-refractivity contribution in [2.45, 2.75) is 26.3 Å². The molecule has 0 spiro atoms. The molecule has 0 radical (unpaired) electrons. The van der Waals surface area contributed by atoms with E-state index in [0.29, 0.717) is 32.6 Å². The second-order valence-corrected chi connectivity index (χ2v) is 6.94. The standard InChI is InChI=1S/C18H23N3O3/c1-12-2-4-13(5-3-12)8-20-11-15(7-17(20)23)18(24)21-9-14(10-21)6-16(19)22/h2-5,14-15H,6-11H2,1H3,(H2,19,22). The van der Waals surface area contributed by atoms with Gasteiger partial charge in [-0.15, -0.1) is 0 Å². The maximum Gasteiger partial charge on any atom is 0.228 e. The lowest BCUT2D eigenvalue weighted by molar-refractivity contribution is -0.143. The van der Waals surface area contributed by atoms with Crippen LogP contribution in [0.2, 0.25) is 0 Å². The molecular formula is C18H23N3O3. The van der Waals surface area contributed by atoms with Crippen LogP contribution in [0.25, 0.3) is 0 Å². The maximum absolute atomic E-state index is 12.5. The number of aryl methyl sites for hydroxylation is 1. The fourth-order valence-electron chi connectivity index (χ4n) is 3.43. The molecule has 0 bridgehead atoms. The summed E-state index contributed by atoms with van der Waals surface area (Å²) in [6.45, 7) is 4.20. The highest BCUT2D eigenvalue weighted by atomic mass is 16.2. The van der Waals surface area contributed by atoms with E-state index in [1.165, 1.54) is 5.56 Å². The zero-order chi connectivity index (χ0) is 17.3. The van der Waals surface area contributed by atoms with Gasteiger partial charge in [0, 0.05) is 44.9 Å². The predicted octanol–water partition coefficient (Wildman–Crippen LogP) is 0.677. The van der Waals surface area contributed by atoms with E-state index in [4.69, 9.17) is 5.73 Å². The Hall–Kier alpha value is -2.37. The normalized spacial score (nSPS) is 21.0. The highest BCUT2D eigenvalue weighted by Gasteiger charge is 2.40. The molecule has 2 aliphatic heterocycles. The van der Waals surface area contributed by atoms with Gasteiger partial charge in [0.05, 0.1) is 5.92 Å². The van der Waals surface area contributed by atoms with Crippen molar-refractivity contribution in [2.75, 3.05) is 19.6 Å². The van der Waals surface area contributed by atoms with Crippen molar-refractivity contribution in [3.63, 3.8) is 0 Å². The third-order valence-corrected chi connectivity index (χ3v) is 4.82. The van der Waals surface area contributed by atoms with Gasteiger partial charge >= 0.3 is 0 Å². The second-order valence-electron chi connectivity index (χ2n) is 6.94. The Morgan fingerprint density at radius 3 is 2.46 bits per heavy atom. The average molecular weight is 329 g/mol. The lowest BCUT2D eigenvalue weighted by atomic mass is 9.93. The maximum atomic E-state index is 12.5. The summed E-state index contributed by atoms with van der Waals surface area (Å²) in [7, 11) is 0. The van der Waals surface area contributed by atoms with Crippen molar-refractivity contribution in [2.24, 2.45) is 17.6 Å². The monoisotopic (exact) mass is 329 g/mol. The van der Waals surface area contributed by atoms with Gasteiger partial charge in [-0.2, -0.15) is 0 Å². The average Bonchev–Trinajstić information content (AvgIpc) is 2.85.